The molecule has 3 rings (SSSR count). The molecule has 0 unspecified atom stereocenters. The molecule has 1 saturated heterocycles. The number of hydrogen-bond acceptors (Lipinski definition) is 4. The molecule has 0 spiro atoms. The highest BCUT2D eigenvalue weighted by Gasteiger charge is 2.10. The SMILES string of the molecule is CCNC(=NCc1ccc(N2CCOCC2)cc1)NCCc1ccc(Cl)nc1. The number of halogens is 1. The number of anilines is 1. The average molecular weight is 402 g/mol. The second kappa shape index (κ2) is 10.9. The fourth-order valence-corrected chi connectivity index (χ4v) is 3.14. The van der Waals surface area contributed by atoms with Crippen LogP contribution in [0.4, 0.5) is 5.69 Å². The van der Waals surface area contributed by atoms with Gasteiger partial charge in [-0.1, -0.05) is 29.8 Å². The molecule has 1 aromatic heterocycles. The van der Waals surface area contributed by atoms with Crippen LogP contribution in [-0.2, 0) is 17.7 Å². The van der Waals surface area contributed by atoms with Crippen LogP contribution in [0.2, 0.25) is 5.15 Å². The van der Waals surface area contributed by atoms with E-state index in [1.165, 1.54) is 11.3 Å². The van der Waals surface area contributed by atoms with Gasteiger partial charge in [0.1, 0.15) is 5.15 Å². The minimum absolute atomic E-state index is 0.520. The monoisotopic (exact) mass is 401 g/mol. The molecule has 2 N–H and O–H groups in total. The van der Waals surface area contributed by atoms with Gasteiger partial charge in [-0.3, -0.25) is 0 Å². The molecule has 0 bridgehead atoms. The van der Waals surface area contributed by atoms with Gasteiger partial charge in [-0.2, -0.15) is 0 Å². The molecule has 1 aliphatic heterocycles. The van der Waals surface area contributed by atoms with E-state index in [0.29, 0.717) is 11.7 Å². The van der Waals surface area contributed by atoms with E-state index in [0.717, 1.165) is 57.3 Å². The fourth-order valence-electron chi connectivity index (χ4n) is 3.03. The van der Waals surface area contributed by atoms with Crippen molar-refractivity contribution in [3.8, 4) is 0 Å². The number of nitrogens with zero attached hydrogens (tertiary/aromatic N) is 3. The summed E-state index contributed by atoms with van der Waals surface area (Å²) in [4.78, 5) is 11.2. The normalized spacial score (nSPS) is 14.8. The van der Waals surface area contributed by atoms with Gasteiger partial charge in [0.15, 0.2) is 5.96 Å². The zero-order chi connectivity index (χ0) is 19.6. The number of hydrogen-bond donors (Lipinski definition) is 2. The molecule has 28 heavy (non-hydrogen) atoms. The van der Waals surface area contributed by atoms with Crippen molar-refractivity contribution in [2.24, 2.45) is 4.99 Å². The van der Waals surface area contributed by atoms with Crippen LogP contribution < -0.4 is 15.5 Å². The highest BCUT2D eigenvalue weighted by molar-refractivity contribution is 6.29. The first-order chi connectivity index (χ1) is 13.7. The number of nitrogens with one attached hydrogen (secondary N) is 2. The van der Waals surface area contributed by atoms with Crippen LogP contribution in [0, 0.1) is 0 Å². The predicted molar refractivity (Wildman–Crippen MR) is 115 cm³/mol. The van der Waals surface area contributed by atoms with Crippen molar-refractivity contribution in [2.45, 2.75) is 19.9 Å². The Morgan fingerprint density at radius 2 is 1.86 bits per heavy atom. The van der Waals surface area contributed by atoms with Gasteiger partial charge in [0, 0.05) is 38.1 Å². The molecule has 0 radical (unpaired) electrons. The van der Waals surface area contributed by atoms with Crippen LogP contribution in [0.15, 0.2) is 47.6 Å². The second-order valence-electron chi connectivity index (χ2n) is 6.63. The quantitative estimate of drug-likeness (QED) is 0.424. The topological polar surface area (TPSA) is 61.8 Å². The number of pyridine rings is 1. The third-order valence-electron chi connectivity index (χ3n) is 4.57. The van der Waals surface area contributed by atoms with Crippen molar-refractivity contribution in [3.05, 3.63) is 58.9 Å². The van der Waals surface area contributed by atoms with Crippen molar-refractivity contribution >= 4 is 23.2 Å². The maximum Gasteiger partial charge on any atom is 0.191 e. The maximum atomic E-state index is 5.83. The van der Waals surface area contributed by atoms with E-state index in [4.69, 9.17) is 21.3 Å². The summed E-state index contributed by atoms with van der Waals surface area (Å²) in [6.45, 7) is 7.82. The molecule has 6 nitrogen and oxygen atoms in total. The minimum Gasteiger partial charge on any atom is -0.378 e. The van der Waals surface area contributed by atoms with Crippen molar-refractivity contribution in [1.82, 2.24) is 15.6 Å². The van der Waals surface area contributed by atoms with E-state index >= 15 is 0 Å². The maximum absolute atomic E-state index is 5.83. The molecule has 1 fully saturated rings. The van der Waals surface area contributed by atoms with Crippen LogP contribution in [-0.4, -0.2) is 50.3 Å². The molecule has 0 atom stereocenters. The van der Waals surface area contributed by atoms with E-state index in [1.54, 1.807) is 0 Å². The summed E-state index contributed by atoms with van der Waals surface area (Å²) in [5.74, 6) is 0.821. The third-order valence-corrected chi connectivity index (χ3v) is 4.79. The molecule has 2 aromatic rings. The molecule has 2 heterocycles. The molecule has 0 aliphatic carbocycles. The Labute approximate surface area is 172 Å². The molecule has 1 aliphatic rings. The summed E-state index contributed by atoms with van der Waals surface area (Å²) in [7, 11) is 0. The molecule has 150 valence electrons. The molecule has 0 amide bonds. The second-order valence-corrected chi connectivity index (χ2v) is 7.01. The van der Waals surface area contributed by atoms with Gasteiger partial charge in [0.05, 0.1) is 19.8 Å². The fraction of sp³-hybridized carbons (Fsp3) is 0.429. The van der Waals surface area contributed by atoms with Crippen LogP contribution in [0.25, 0.3) is 0 Å². The number of morpholine rings is 1. The molecular weight excluding hydrogens is 374 g/mol. The first-order valence-electron chi connectivity index (χ1n) is 9.79. The lowest BCUT2D eigenvalue weighted by Crippen LogP contribution is -2.38. The van der Waals surface area contributed by atoms with Crippen LogP contribution in [0.3, 0.4) is 0 Å². The highest BCUT2D eigenvalue weighted by Crippen LogP contribution is 2.17. The summed E-state index contributed by atoms with van der Waals surface area (Å²) in [5.41, 5.74) is 3.58. The highest BCUT2D eigenvalue weighted by atomic mass is 35.5. The van der Waals surface area contributed by atoms with Crippen molar-refractivity contribution in [3.63, 3.8) is 0 Å². The van der Waals surface area contributed by atoms with Gasteiger partial charge in [0.25, 0.3) is 0 Å². The largest absolute Gasteiger partial charge is 0.378 e. The first kappa shape index (κ1) is 20.4. The van der Waals surface area contributed by atoms with Crippen molar-refractivity contribution in [2.75, 3.05) is 44.3 Å². The Morgan fingerprint density at radius 1 is 1.11 bits per heavy atom. The number of aliphatic imine (C=N–C) groups is 1. The number of rotatable bonds is 7. The smallest absolute Gasteiger partial charge is 0.191 e. The summed E-state index contributed by atoms with van der Waals surface area (Å²) < 4.78 is 5.42. The van der Waals surface area contributed by atoms with Crippen LogP contribution in [0.1, 0.15) is 18.1 Å². The lowest BCUT2D eigenvalue weighted by Gasteiger charge is -2.28. The Balaban J connectivity index is 1.50. The lowest BCUT2D eigenvalue weighted by atomic mass is 10.2. The van der Waals surface area contributed by atoms with Crippen LogP contribution in [0.5, 0.6) is 0 Å². The summed E-state index contributed by atoms with van der Waals surface area (Å²) in [6.07, 6.45) is 2.67. The van der Waals surface area contributed by atoms with Crippen molar-refractivity contribution in [1.29, 1.82) is 0 Å². The zero-order valence-electron chi connectivity index (χ0n) is 16.3. The zero-order valence-corrected chi connectivity index (χ0v) is 17.1. The average Bonchev–Trinajstić information content (AvgIpc) is 2.74. The van der Waals surface area contributed by atoms with E-state index in [9.17, 15) is 0 Å². The Hall–Kier alpha value is -2.31. The van der Waals surface area contributed by atoms with Gasteiger partial charge < -0.3 is 20.3 Å². The molecule has 0 saturated carbocycles. The van der Waals surface area contributed by atoms with Gasteiger partial charge in [-0.25, -0.2) is 9.98 Å². The molecule has 7 heteroatoms. The Bertz CT molecular complexity index is 742. The number of benzene rings is 1. The van der Waals surface area contributed by atoms with Gasteiger partial charge in [-0.05, 0) is 42.7 Å². The molecular formula is C21H28ClN5O. The summed E-state index contributed by atoms with van der Waals surface area (Å²) in [5, 5.41) is 7.18. The predicted octanol–water partition coefficient (Wildman–Crippen LogP) is 2.87. The van der Waals surface area contributed by atoms with E-state index in [2.05, 4.69) is 51.7 Å². The van der Waals surface area contributed by atoms with Crippen LogP contribution >= 0.6 is 11.6 Å². The van der Waals surface area contributed by atoms with Gasteiger partial charge >= 0.3 is 0 Å². The summed E-state index contributed by atoms with van der Waals surface area (Å²) >= 11 is 5.83. The summed E-state index contributed by atoms with van der Waals surface area (Å²) in [6, 6.07) is 12.5. The van der Waals surface area contributed by atoms with E-state index in [1.807, 2.05) is 18.3 Å². The first-order valence-corrected chi connectivity index (χ1v) is 10.2. The molecule has 1 aromatic carbocycles. The van der Waals surface area contributed by atoms with Crippen molar-refractivity contribution < 1.29 is 4.74 Å². The number of ether oxygens (including phenoxy) is 1. The van der Waals surface area contributed by atoms with E-state index < -0.39 is 0 Å². The van der Waals surface area contributed by atoms with Gasteiger partial charge in [-0.15, -0.1) is 0 Å². The lowest BCUT2D eigenvalue weighted by molar-refractivity contribution is 0.122. The standard InChI is InChI=1S/C21H28ClN5O/c1-2-23-21(24-10-9-18-5-8-20(22)25-15-18)26-16-17-3-6-19(7-4-17)27-11-13-28-14-12-27/h3-8,15H,2,9-14,16H2,1H3,(H2,23,24,26). The number of guanidine groups is 1. The Morgan fingerprint density at radius 3 is 2.54 bits per heavy atom. The Kier molecular flexibility index (Phi) is 7.94. The van der Waals surface area contributed by atoms with E-state index in [-0.39, 0.29) is 0 Å². The number of aromatic nitrogens is 1. The van der Waals surface area contributed by atoms with Gasteiger partial charge in [0.2, 0.25) is 0 Å². The third kappa shape index (κ3) is 6.39. The minimum atomic E-state index is 0.520.